The highest BCUT2D eigenvalue weighted by molar-refractivity contribution is 6.33. The van der Waals surface area contributed by atoms with Crippen LogP contribution in [0.15, 0.2) is 18.2 Å². The maximum absolute atomic E-state index is 9.82. The number of hydrogen-bond donors (Lipinski definition) is 3. The predicted octanol–water partition coefficient (Wildman–Crippen LogP) is 1.95. The zero-order chi connectivity index (χ0) is 11.4. The Morgan fingerprint density at radius 2 is 2.13 bits per heavy atom. The third-order valence-corrected chi connectivity index (χ3v) is 2.47. The van der Waals surface area contributed by atoms with Gasteiger partial charge in [0.15, 0.2) is 0 Å². The van der Waals surface area contributed by atoms with Gasteiger partial charge in [-0.15, -0.1) is 0 Å². The van der Waals surface area contributed by atoms with Gasteiger partial charge < -0.3 is 16.2 Å². The van der Waals surface area contributed by atoms with Gasteiger partial charge in [0.2, 0.25) is 0 Å². The van der Waals surface area contributed by atoms with Gasteiger partial charge in [0.05, 0.1) is 16.8 Å². The van der Waals surface area contributed by atoms with Crippen LogP contribution in [-0.4, -0.2) is 17.7 Å². The Morgan fingerprint density at radius 1 is 1.47 bits per heavy atom. The summed E-state index contributed by atoms with van der Waals surface area (Å²) in [6.45, 7) is 4.57. The third-order valence-electron chi connectivity index (χ3n) is 2.12. The molecule has 1 unspecified atom stereocenters. The second-order valence-corrected chi connectivity index (χ2v) is 4.27. The summed E-state index contributed by atoms with van der Waals surface area (Å²) in [6.07, 6.45) is -0.549. The summed E-state index contributed by atoms with van der Waals surface area (Å²) >= 11 is 5.79. The number of benzene rings is 1. The van der Waals surface area contributed by atoms with E-state index in [0.717, 1.165) is 5.56 Å². The van der Waals surface area contributed by atoms with E-state index in [1.54, 1.807) is 18.2 Å². The Kier molecular flexibility index (Phi) is 4.39. The van der Waals surface area contributed by atoms with Crippen LogP contribution >= 0.6 is 11.6 Å². The van der Waals surface area contributed by atoms with Crippen molar-refractivity contribution < 1.29 is 5.11 Å². The van der Waals surface area contributed by atoms with Gasteiger partial charge in [0.25, 0.3) is 0 Å². The Hall–Kier alpha value is -0.770. The van der Waals surface area contributed by atoms with Crippen LogP contribution in [0.25, 0.3) is 0 Å². The largest absolute Gasteiger partial charge is 0.398 e. The standard InChI is InChI=1S/C11H17ClN2O/c1-7(2)14-6-11(15)8-3-4-9(12)10(13)5-8/h3-5,7,11,14-15H,6,13H2,1-2H3. The molecule has 0 heterocycles. The van der Waals surface area contributed by atoms with Crippen molar-refractivity contribution in [1.29, 1.82) is 0 Å². The predicted molar refractivity (Wildman–Crippen MR) is 64.0 cm³/mol. The molecule has 84 valence electrons. The molecule has 4 N–H and O–H groups in total. The van der Waals surface area contributed by atoms with Gasteiger partial charge >= 0.3 is 0 Å². The van der Waals surface area contributed by atoms with Crippen molar-refractivity contribution in [3.8, 4) is 0 Å². The molecule has 4 heteroatoms. The van der Waals surface area contributed by atoms with Crippen LogP contribution in [0.3, 0.4) is 0 Å². The molecule has 0 bridgehead atoms. The molecule has 0 amide bonds. The van der Waals surface area contributed by atoms with Gasteiger partial charge in [-0.1, -0.05) is 31.5 Å². The maximum Gasteiger partial charge on any atom is 0.0915 e. The SMILES string of the molecule is CC(C)NCC(O)c1ccc(Cl)c(N)c1. The monoisotopic (exact) mass is 228 g/mol. The number of halogens is 1. The lowest BCUT2D eigenvalue weighted by molar-refractivity contribution is 0.171. The number of hydrogen-bond acceptors (Lipinski definition) is 3. The first-order valence-electron chi connectivity index (χ1n) is 4.97. The minimum Gasteiger partial charge on any atom is -0.398 e. The number of aliphatic hydroxyl groups excluding tert-OH is 1. The first-order valence-corrected chi connectivity index (χ1v) is 5.35. The molecular weight excluding hydrogens is 212 g/mol. The third kappa shape index (κ3) is 3.70. The summed E-state index contributed by atoms with van der Waals surface area (Å²) in [5, 5.41) is 13.5. The van der Waals surface area contributed by atoms with Gasteiger partial charge in [0, 0.05) is 12.6 Å². The van der Waals surface area contributed by atoms with Crippen molar-refractivity contribution in [3.63, 3.8) is 0 Å². The van der Waals surface area contributed by atoms with Gasteiger partial charge in [-0.2, -0.15) is 0 Å². The fraction of sp³-hybridized carbons (Fsp3) is 0.455. The van der Waals surface area contributed by atoms with Crippen molar-refractivity contribution >= 4 is 17.3 Å². The zero-order valence-electron chi connectivity index (χ0n) is 9.00. The van der Waals surface area contributed by atoms with Gasteiger partial charge in [-0.05, 0) is 17.7 Å². The first-order chi connectivity index (χ1) is 7.00. The highest BCUT2D eigenvalue weighted by Gasteiger charge is 2.09. The van der Waals surface area contributed by atoms with Crippen LogP contribution in [0.1, 0.15) is 25.5 Å². The Morgan fingerprint density at radius 3 is 2.67 bits per heavy atom. The average molecular weight is 229 g/mol. The topological polar surface area (TPSA) is 58.3 Å². The first kappa shape index (κ1) is 12.3. The molecule has 3 nitrogen and oxygen atoms in total. The molecule has 1 aromatic carbocycles. The Labute approximate surface area is 95.2 Å². The number of nitrogens with one attached hydrogen (secondary N) is 1. The summed E-state index contributed by atoms with van der Waals surface area (Å²) in [4.78, 5) is 0. The lowest BCUT2D eigenvalue weighted by atomic mass is 10.1. The van der Waals surface area contributed by atoms with E-state index in [-0.39, 0.29) is 0 Å². The molecule has 0 saturated heterocycles. The van der Waals surface area contributed by atoms with E-state index < -0.39 is 6.10 Å². The van der Waals surface area contributed by atoms with Crippen LogP contribution in [0.4, 0.5) is 5.69 Å². The molecule has 0 aromatic heterocycles. The van der Waals surface area contributed by atoms with E-state index >= 15 is 0 Å². The normalized spacial score (nSPS) is 13.1. The number of nitrogens with two attached hydrogens (primary N) is 1. The fourth-order valence-corrected chi connectivity index (χ4v) is 1.35. The highest BCUT2D eigenvalue weighted by Crippen LogP contribution is 2.22. The highest BCUT2D eigenvalue weighted by atomic mass is 35.5. The van der Waals surface area contributed by atoms with Crippen molar-refractivity contribution in [2.75, 3.05) is 12.3 Å². The summed E-state index contributed by atoms with van der Waals surface area (Å²) in [5.41, 5.74) is 6.93. The van der Waals surface area contributed by atoms with E-state index in [1.807, 2.05) is 13.8 Å². The van der Waals surface area contributed by atoms with E-state index in [0.29, 0.717) is 23.3 Å². The van der Waals surface area contributed by atoms with Crippen LogP contribution in [0.2, 0.25) is 5.02 Å². The minimum atomic E-state index is -0.549. The molecule has 0 fully saturated rings. The second kappa shape index (κ2) is 5.35. The van der Waals surface area contributed by atoms with Crippen molar-refractivity contribution in [1.82, 2.24) is 5.32 Å². The molecule has 0 aliphatic carbocycles. The molecule has 0 saturated carbocycles. The van der Waals surface area contributed by atoms with Crippen LogP contribution < -0.4 is 11.1 Å². The zero-order valence-corrected chi connectivity index (χ0v) is 9.75. The number of aliphatic hydroxyl groups is 1. The molecule has 0 spiro atoms. The molecule has 1 rings (SSSR count). The molecular formula is C11H17ClN2O. The van der Waals surface area contributed by atoms with E-state index in [9.17, 15) is 5.11 Å². The quantitative estimate of drug-likeness (QED) is 0.691. The van der Waals surface area contributed by atoms with Crippen LogP contribution in [0, 0.1) is 0 Å². The van der Waals surface area contributed by atoms with Gasteiger partial charge in [-0.25, -0.2) is 0 Å². The van der Waals surface area contributed by atoms with Gasteiger partial charge in [-0.3, -0.25) is 0 Å². The fourth-order valence-electron chi connectivity index (χ4n) is 1.23. The lowest BCUT2D eigenvalue weighted by Crippen LogP contribution is -2.27. The smallest absolute Gasteiger partial charge is 0.0915 e. The van der Waals surface area contributed by atoms with Crippen molar-refractivity contribution in [2.45, 2.75) is 26.0 Å². The summed E-state index contributed by atoms with van der Waals surface area (Å²) in [5.74, 6) is 0. The molecule has 1 atom stereocenters. The summed E-state index contributed by atoms with van der Waals surface area (Å²) in [7, 11) is 0. The second-order valence-electron chi connectivity index (χ2n) is 3.86. The van der Waals surface area contributed by atoms with E-state index in [4.69, 9.17) is 17.3 Å². The lowest BCUT2D eigenvalue weighted by Gasteiger charge is -2.15. The van der Waals surface area contributed by atoms with E-state index in [1.165, 1.54) is 0 Å². The van der Waals surface area contributed by atoms with Crippen LogP contribution in [0.5, 0.6) is 0 Å². The molecule has 15 heavy (non-hydrogen) atoms. The molecule has 1 aromatic rings. The molecule has 0 radical (unpaired) electrons. The number of rotatable bonds is 4. The van der Waals surface area contributed by atoms with Crippen LogP contribution in [-0.2, 0) is 0 Å². The average Bonchev–Trinajstić information content (AvgIpc) is 2.18. The van der Waals surface area contributed by atoms with Crippen molar-refractivity contribution in [2.24, 2.45) is 0 Å². The minimum absolute atomic E-state index is 0.351. The summed E-state index contributed by atoms with van der Waals surface area (Å²) < 4.78 is 0. The van der Waals surface area contributed by atoms with Crippen molar-refractivity contribution in [3.05, 3.63) is 28.8 Å². The molecule has 0 aliphatic rings. The number of anilines is 1. The van der Waals surface area contributed by atoms with E-state index in [2.05, 4.69) is 5.32 Å². The van der Waals surface area contributed by atoms with Gasteiger partial charge in [0.1, 0.15) is 0 Å². The maximum atomic E-state index is 9.82. The summed E-state index contributed by atoms with van der Waals surface area (Å²) in [6, 6.07) is 5.54. The number of nitrogen functional groups attached to an aromatic ring is 1. The Balaban J connectivity index is 2.65. The molecule has 0 aliphatic heterocycles. The Bertz CT molecular complexity index is 328.